The summed E-state index contributed by atoms with van der Waals surface area (Å²) in [7, 11) is 0. The van der Waals surface area contributed by atoms with Gasteiger partial charge in [0.1, 0.15) is 21.8 Å². The van der Waals surface area contributed by atoms with Crippen LogP contribution in [-0.4, -0.2) is 28.6 Å². The zero-order chi connectivity index (χ0) is 17.1. The number of carbonyl (C=O) groups excluding carboxylic acids is 1. The van der Waals surface area contributed by atoms with E-state index in [-0.39, 0.29) is 23.3 Å². The first kappa shape index (κ1) is 16.5. The van der Waals surface area contributed by atoms with Crippen molar-refractivity contribution < 1.29 is 23.8 Å². The second kappa shape index (κ2) is 7.06. The summed E-state index contributed by atoms with van der Waals surface area (Å²) in [6.07, 6.45) is 2.90. The molecule has 1 atom stereocenters. The van der Waals surface area contributed by atoms with Gasteiger partial charge in [0.05, 0.1) is 12.6 Å². The van der Waals surface area contributed by atoms with Gasteiger partial charge in [0.2, 0.25) is 0 Å². The number of anilines is 1. The lowest BCUT2D eigenvalue weighted by atomic mass is 10.1. The first-order valence-corrected chi connectivity index (χ1v) is 8.23. The highest BCUT2D eigenvalue weighted by Crippen LogP contribution is 2.31. The van der Waals surface area contributed by atoms with Crippen molar-refractivity contribution in [2.75, 3.05) is 11.9 Å². The van der Waals surface area contributed by atoms with Crippen molar-refractivity contribution in [2.24, 2.45) is 0 Å². The lowest BCUT2D eigenvalue weighted by molar-refractivity contribution is -0.136. The molecule has 0 bridgehead atoms. The molecule has 24 heavy (non-hydrogen) atoms. The summed E-state index contributed by atoms with van der Waals surface area (Å²) in [5.74, 6) is -2.17. The van der Waals surface area contributed by atoms with Crippen LogP contribution in [0.3, 0.4) is 0 Å². The third-order valence-electron chi connectivity index (χ3n) is 3.61. The zero-order valence-corrected chi connectivity index (χ0v) is 13.4. The van der Waals surface area contributed by atoms with E-state index in [1.165, 1.54) is 29.7 Å². The zero-order valence-electron chi connectivity index (χ0n) is 12.6. The standard InChI is InChI=1S/C16H15FN2O4S/c17-11-7-10(4-3-9(11)6-14(20)21)19-15(22)13-8-18-16(24-13)12-2-1-5-23-12/h3-4,7-8,12H,1-2,5-6H2,(H,19,22)(H,20,21). The van der Waals surface area contributed by atoms with Gasteiger partial charge in [-0.05, 0) is 30.5 Å². The Kier molecular flexibility index (Phi) is 4.86. The molecular weight excluding hydrogens is 335 g/mol. The predicted molar refractivity (Wildman–Crippen MR) is 85.7 cm³/mol. The second-order valence-electron chi connectivity index (χ2n) is 5.40. The number of nitrogens with zero attached hydrogens (tertiary/aromatic N) is 1. The van der Waals surface area contributed by atoms with Crippen LogP contribution in [0.25, 0.3) is 0 Å². The summed E-state index contributed by atoms with van der Waals surface area (Å²) in [6, 6.07) is 3.93. The van der Waals surface area contributed by atoms with E-state index < -0.39 is 18.2 Å². The molecule has 2 N–H and O–H groups in total. The highest BCUT2D eigenvalue weighted by Gasteiger charge is 2.22. The van der Waals surface area contributed by atoms with E-state index in [2.05, 4.69) is 10.3 Å². The van der Waals surface area contributed by atoms with Crippen molar-refractivity contribution in [1.29, 1.82) is 0 Å². The van der Waals surface area contributed by atoms with Gasteiger partial charge in [-0.2, -0.15) is 0 Å². The van der Waals surface area contributed by atoms with E-state index in [0.717, 1.165) is 23.9 Å². The maximum absolute atomic E-state index is 13.8. The summed E-state index contributed by atoms with van der Waals surface area (Å²) in [4.78, 5) is 27.5. The fourth-order valence-electron chi connectivity index (χ4n) is 2.44. The first-order chi connectivity index (χ1) is 11.5. The van der Waals surface area contributed by atoms with Crippen molar-refractivity contribution in [1.82, 2.24) is 4.98 Å². The average molecular weight is 350 g/mol. The molecule has 8 heteroatoms. The topological polar surface area (TPSA) is 88.5 Å². The highest BCUT2D eigenvalue weighted by molar-refractivity contribution is 7.13. The number of carboxylic acids is 1. The smallest absolute Gasteiger partial charge is 0.307 e. The maximum Gasteiger partial charge on any atom is 0.307 e. The van der Waals surface area contributed by atoms with Crippen molar-refractivity contribution in [3.05, 3.63) is 45.7 Å². The Hall–Kier alpha value is -2.32. The van der Waals surface area contributed by atoms with E-state index >= 15 is 0 Å². The monoisotopic (exact) mass is 350 g/mol. The summed E-state index contributed by atoms with van der Waals surface area (Å²) in [6.45, 7) is 0.702. The van der Waals surface area contributed by atoms with Gasteiger partial charge in [-0.3, -0.25) is 9.59 Å². The molecular formula is C16H15FN2O4S. The molecule has 0 spiro atoms. The molecule has 2 heterocycles. The summed E-state index contributed by atoms with van der Waals surface area (Å²) < 4.78 is 19.4. The highest BCUT2D eigenvalue weighted by atomic mass is 32.1. The molecule has 1 aromatic heterocycles. The average Bonchev–Trinajstić information content (AvgIpc) is 3.19. The van der Waals surface area contributed by atoms with Gasteiger partial charge in [-0.25, -0.2) is 9.37 Å². The molecule has 0 aliphatic carbocycles. The number of nitrogens with one attached hydrogen (secondary N) is 1. The number of hydrogen-bond acceptors (Lipinski definition) is 5. The van der Waals surface area contributed by atoms with Crippen LogP contribution in [0.4, 0.5) is 10.1 Å². The summed E-state index contributed by atoms with van der Waals surface area (Å²) >= 11 is 1.25. The van der Waals surface area contributed by atoms with Crippen LogP contribution in [-0.2, 0) is 16.0 Å². The fourth-order valence-corrected chi connectivity index (χ4v) is 3.34. The number of amides is 1. The summed E-state index contributed by atoms with van der Waals surface area (Å²) in [5, 5.41) is 12.0. The number of thiazole rings is 1. The largest absolute Gasteiger partial charge is 0.481 e. The molecule has 1 fully saturated rings. The third kappa shape index (κ3) is 3.77. The molecule has 126 valence electrons. The summed E-state index contributed by atoms with van der Waals surface area (Å²) in [5.41, 5.74) is 0.331. The van der Waals surface area contributed by atoms with Crippen molar-refractivity contribution >= 4 is 28.9 Å². The van der Waals surface area contributed by atoms with E-state index in [9.17, 15) is 14.0 Å². The third-order valence-corrected chi connectivity index (χ3v) is 4.69. The van der Waals surface area contributed by atoms with Crippen LogP contribution in [0, 0.1) is 5.82 Å². The second-order valence-corrected chi connectivity index (χ2v) is 6.46. The molecule has 1 aliphatic rings. The lowest BCUT2D eigenvalue weighted by Crippen LogP contribution is -2.11. The quantitative estimate of drug-likeness (QED) is 0.865. The number of halogens is 1. The molecule has 3 rings (SSSR count). The number of aliphatic carboxylic acids is 1. The molecule has 0 saturated carbocycles. The molecule has 1 amide bonds. The van der Waals surface area contributed by atoms with Crippen LogP contribution < -0.4 is 5.32 Å². The Morgan fingerprint density at radius 3 is 2.96 bits per heavy atom. The molecule has 1 aromatic carbocycles. The Morgan fingerprint density at radius 1 is 1.46 bits per heavy atom. The van der Waals surface area contributed by atoms with Crippen molar-refractivity contribution in [2.45, 2.75) is 25.4 Å². The minimum atomic E-state index is -1.11. The number of ether oxygens (including phenoxy) is 1. The van der Waals surface area contributed by atoms with Crippen molar-refractivity contribution in [3.8, 4) is 0 Å². The normalized spacial score (nSPS) is 17.0. The van der Waals surface area contributed by atoms with Crippen molar-refractivity contribution in [3.63, 3.8) is 0 Å². The number of carboxylic acid groups (broad SMARTS) is 1. The van der Waals surface area contributed by atoms with Gasteiger partial charge < -0.3 is 15.2 Å². The van der Waals surface area contributed by atoms with Gasteiger partial charge in [-0.1, -0.05) is 6.07 Å². The SMILES string of the molecule is O=C(O)Cc1ccc(NC(=O)c2cnc(C3CCCO3)s2)cc1F. The van der Waals surface area contributed by atoms with E-state index in [1.54, 1.807) is 0 Å². The van der Waals surface area contributed by atoms with Gasteiger partial charge in [-0.15, -0.1) is 11.3 Å². The molecule has 2 aromatic rings. The van der Waals surface area contributed by atoms with Crippen LogP contribution in [0.1, 0.15) is 39.2 Å². The maximum atomic E-state index is 13.8. The Balaban J connectivity index is 1.68. The number of benzene rings is 1. The predicted octanol–water partition coefficient (Wildman–Crippen LogP) is 3.01. The van der Waals surface area contributed by atoms with Crippen LogP contribution in [0.2, 0.25) is 0 Å². The molecule has 1 aliphatic heterocycles. The van der Waals surface area contributed by atoms with Crippen LogP contribution in [0.5, 0.6) is 0 Å². The minimum absolute atomic E-state index is 0.0516. The lowest BCUT2D eigenvalue weighted by Gasteiger charge is -2.06. The Bertz CT molecular complexity index is 771. The van der Waals surface area contributed by atoms with Gasteiger partial charge >= 0.3 is 5.97 Å². The van der Waals surface area contributed by atoms with E-state index in [1.807, 2.05) is 0 Å². The number of aromatic nitrogens is 1. The van der Waals surface area contributed by atoms with Crippen LogP contribution >= 0.6 is 11.3 Å². The minimum Gasteiger partial charge on any atom is -0.481 e. The van der Waals surface area contributed by atoms with Crippen LogP contribution in [0.15, 0.2) is 24.4 Å². The molecule has 6 nitrogen and oxygen atoms in total. The fraction of sp³-hybridized carbons (Fsp3) is 0.312. The van der Waals surface area contributed by atoms with Gasteiger partial charge in [0.25, 0.3) is 5.91 Å². The Morgan fingerprint density at radius 2 is 2.29 bits per heavy atom. The molecule has 1 unspecified atom stereocenters. The van der Waals surface area contributed by atoms with Gasteiger partial charge in [0, 0.05) is 12.3 Å². The first-order valence-electron chi connectivity index (χ1n) is 7.42. The molecule has 0 radical (unpaired) electrons. The number of hydrogen-bond donors (Lipinski definition) is 2. The number of carbonyl (C=O) groups is 2. The van der Waals surface area contributed by atoms with E-state index in [0.29, 0.717) is 11.5 Å². The Labute approximate surface area is 141 Å². The van der Waals surface area contributed by atoms with Gasteiger partial charge in [0.15, 0.2) is 0 Å². The number of rotatable bonds is 5. The van der Waals surface area contributed by atoms with E-state index in [4.69, 9.17) is 9.84 Å². The molecule has 1 saturated heterocycles.